The Morgan fingerprint density at radius 3 is 2.73 bits per heavy atom. The molecule has 2 nitrogen and oxygen atoms in total. The maximum Gasteiger partial charge on any atom is 0.310 e. The summed E-state index contributed by atoms with van der Waals surface area (Å²) in [6.45, 7) is 2.25. The molecule has 0 unspecified atom stereocenters. The third-order valence-electron chi connectivity index (χ3n) is 3.93. The number of carbonyl (C=O) groups excluding carboxylic acids is 1. The predicted octanol–water partition coefficient (Wildman–Crippen LogP) is 4.29. The van der Waals surface area contributed by atoms with Gasteiger partial charge in [-0.15, -0.1) is 0 Å². The second-order valence-electron chi connectivity index (χ2n) is 5.56. The molecule has 0 spiro atoms. The monoisotopic (exact) mass is 296 g/mol. The number of ether oxygens (including phenoxy) is 1. The highest BCUT2D eigenvalue weighted by Gasteiger charge is 2.22. The lowest BCUT2D eigenvalue weighted by Crippen LogP contribution is -2.05. The second-order valence-corrected chi connectivity index (χ2v) is 5.56. The number of allylic oxidation sites excluding steroid dienone is 1. The number of carbonyl (C=O) groups is 1. The van der Waals surface area contributed by atoms with Gasteiger partial charge in [-0.25, -0.2) is 4.39 Å². The van der Waals surface area contributed by atoms with Crippen LogP contribution >= 0.6 is 0 Å². The number of hydrogen-bond donors (Lipinski definition) is 0. The van der Waals surface area contributed by atoms with E-state index in [0.29, 0.717) is 0 Å². The molecular weight excluding hydrogens is 279 g/mol. The lowest BCUT2D eigenvalue weighted by molar-refractivity contribution is -0.143. The van der Waals surface area contributed by atoms with Crippen molar-refractivity contribution in [2.24, 2.45) is 0 Å². The number of halogens is 1. The van der Waals surface area contributed by atoms with E-state index in [1.165, 1.54) is 12.1 Å². The van der Waals surface area contributed by atoms with Gasteiger partial charge >= 0.3 is 5.97 Å². The van der Waals surface area contributed by atoms with Crippen LogP contribution in [0.15, 0.2) is 54.1 Å². The summed E-state index contributed by atoms with van der Waals surface area (Å²) in [5.41, 5.74) is 4.88. The Morgan fingerprint density at radius 2 is 1.95 bits per heavy atom. The third kappa shape index (κ3) is 3.08. The van der Waals surface area contributed by atoms with Crippen molar-refractivity contribution in [2.45, 2.75) is 26.4 Å². The van der Waals surface area contributed by atoms with Gasteiger partial charge in [0.1, 0.15) is 12.4 Å². The Labute approximate surface area is 129 Å². The van der Waals surface area contributed by atoms with E-state index in [1.807, 2.05) is 37.3 Å². The Hall–Kier alpha value is -2.42. The summed E-state index contributed by atoms with van der Waals surface area (Å²) in [5, 5.41) is 0. The fraction of sp³-hybridized carbons (Fsp3) is 0.211. The summed E-state index contributed by atoms with van der Waals surface area (Å²) in [6, 6.07) is 14.3. The van der Waals surface area contributed by atoms with E-state index in [2.05, 4.69) is 0 Å². The Balaban J connectivity index is 1.67. The van der Waals surface area contributed by atoms with Gasteiger partial charge in [-0.05, 0) is 47.7 Å². The lowest BCUT2D eigenvalue weighted by Gasteiger charge is -2.08. The Bertz CT molecular complexity index is 732. The zero-order valence-electron chi connectivity index (χ0n) is 12.4. The summed E-state index contributed by atoms with van der Waals surface area (Å²) in [5.74, 6) is -0.557. The molecule has 22 heavy (non-hydrogen) atoms. The van der Waals surface area contributed by atoms with E-state index < -0.39 is 0 Å². The zero-order valence-corrected chi connectivity index (χ0v) is 12.4. The topological polar surface area (TPSA) is 26.3 Å². The Morgan fingerprint density at radius 1 is 1.18 bits per heavy atom. The van der Waals surface area contributed by atoms with Gasteiger partial charge in [0, 0.05) is 0 Å². The van der Waals surface area contributed by atoms with E-state index in [9.17, 15) is 9.18 Å². The summed E-state index contributed by atoms with van der Waals surface area (Å²) < 4.78 is 18.7. The maximum atomic E-state index is 13.4. The molecule has 0 heterocycles. The molecule has 1 aliphatic carbocycles. The molecule has 0 aliphatic heterocycles. The van der Waals surface area contributed by atoms with Crippen LogP contribution in [0.25, 0.3) is 5.57 Å². The summed E-state index contributed by atoms with van der Waals surface area (Å²) in [6.07, 6.45) is 0.964. The van der Waals surface area contributed by atoms with Crippen LogP contribution < -0.4 is 0 Å². The first-order valence-electron chi connectivity index (χ1n) is 7.30. The first-order chi connectivity index (χ1) is 10.6. The highest BCUT2D eigenvalue weighted by Crippen LogP contribution is 2.35. The molecule has 0 fully saturated rings. The SMILES string of the molecule is CC1=C(CC(=O)OCc2ccccc2)c2cc(F)ccc2C1. The quantitative estimate of drug-likeness (QED) is 0.787. The molecule has 2 aromatic carbocycles. The molecule has 1 aliphatic rings. The summed E-state index contributed by atoms with van der Waals surface area (Å²) >= 11 is 0. The number of benzene rings is 2. The van der Waals surface area contributed by atoms with Crippen molar-refractivity contribution in [3.63, 3.8) is 0 Å². The van der Waals surface area contributed by atoms with Crippen molar-refractivity contribution in [3.05, 3.63) is 76.6 Å². The minimum atomic E-state index is -0.282. The van der Waals surface area contributed by atoms with Crippen LogP contribution in [0.5, 0.6) is 0 Å². The molecule has 0 atom stereocenters. The standard InChI is InChI=1S/C19H17FO2/c1-13-9-15-7-8-16(20)10-18(15)17(13)11-19(21)22-12-14-5-3-2-4-6-14/h2-8,10H,9,11-12H2,1H3. The molecule has 0 N–H and O–H groups in total. The van der Waals surface area contributed by atoms with Crippen molar-refractivity contribution in [1.29, 1.82) is 0 Å². The van der Waals surface area contributed by atoms with E-state index in [0.717, 1.165) is 34.3 Å². The number of fused-ring (bicyclic) bond motifs is 1. The second kappa shape index (κ2) is 6.14. The summed E-state index contributed by atoms with van der Waals surface area (Å²) in [4.78, 5) is 12.1. The Kier molecular flexibility index (Phi) is 4.05. The molecule has 0 radical (unpaired) electrons. The van der Waals surface area contributed by atoms with Gasteiger partial charge in [0.2, 0.25) is 0 Å². The van der Waals surface area contributed by atoms with E-state index in [4.69, 9.17) is 4.74 Å². The molecule has 0 saturated heterocycles. The molecule has 0 bridgehead atoms. The molecular formula is C19H17FO2. The smallest absolute Gasteiger partial charge is 0.310 e. The third-order valence-corrected chi connectivity index (χ3v) is 3.93. The molecule has 2 aromatic rings. The molecule has 0 amide bonds. The number of rotatable bonds is 4. The van der Waals surface area contributed by atoms with Gasteiger partial charge in [-0.3, -0.25) is 4.79 Å². The van der Waals surface area contributed by atoms with Crippen LogP contribution in [0.3, 0.4) is 0 Å². The van der Waals surface area contributed by atoms with Crippen molar-refractivity contribution in [1.82, 2.24) is 0 Å². The van der Waals surface area contributed by atoms with Crippen LogP contribution in [0.4, 0.5) is 4.39 Å². The summed E-state index contributed by atoms with van der Waals surface area (Å²) in [7, 11) is 0. The van der Waals surface area contributed by atoms with Crippen molar-refractivity contribution in [2.75, 3.05) is 0 Å². The molecule has 112 valence electrons. The highest BCUT2D eigenvalue weighted by atomic mass is 19.1. The van der Waals surface area contributed by atoms with E-state index in [1.54, 1.807) is 6.07 Å². The van der Waals surface area contributed by atoms with Crippen LogP contribution in [-0.4, -0.2) is 5.97 Å². The van der Waals surface area contributed by atoms with Gasteiger partial charge in [-0.2, -0.15) is 0 Å². The number of esters is 1. The van der Waals surface area contributed by atoms with Gasteiger partial charge in [0.15, 0.2) is 0 Å². The normalized spacial score (nSPS) is 13.2. The van der Waals surface area contributed by atoms with Crippen LogP contribution in [0.1, 0.15) is 30.0 Å². The molecule has 0 aromatic heterocycles. The van der Waals surface area contributed by atoms with Crippen LogP contribution in [-0.2, 0) is 22.6 Å². The van der Waals surface area contributed by atoms with E-state index in [-0.39, 0.29) is 24.8 Å². The average Bonchev–Trinajstić information content (AvgIpc) is 2.82. The van der Waals surface area contributed by atoms with Gasteiger partial charge < -0.3 is 4.74 Å². The van der Waals surface area contributed by atoms with Crippen molar-refractivity contribution in [3.8, 4) is 0 Å². The van der Waals surface area contributed by atoms with Crippen molar-refractivity contribution < 1.29 is 13.9 Å². The van der Waals surface area contributed by atoms with E-state index >= 15 is 0 Å². The largest absolute Gasteiger partial charge is 0.461 e. The first-order valence-corrected chi connectivity index (χ1v) is 7.30. The van der Waals surface area contributed by atoms with Crippen LogP contribution in [0, 0.1) is 5.82 Å². The van der Waals surface area contributed by atoms with Gasteiger partial charge in [0.25, 0.3) is 0 Å². The molecule has 0 saturated carbocycles. The van der Waals surface area contributed by atoms with Gasteiger partial charge in [0.05, 0.1) is 6.42 Å². The van der Waals surface area contributed by atoms with Gasteiger partial charge in [-0.1, -0.05) is 42.0 Å². The minimum Gasteiger partial charge on any atom is -0.461 e. The maximum absolute atomic E-state index is 13.4. The number of hydrogen-bond acceptors (Lipinski definition) is 2. The fourth-order valence-electron chi connectivity index (χ4n) is 2.79. The van der Waals surface area contributed by atoms with Crippen LogP contribution in [0.2, 0.25) is 0 Å². The average molecular weight is 296 g/mol. The minimum absolute atomic E-state index is 0.190. The fourth-order valence-corrected chi connectivity index (χ4v) is 2.79. The first kappa shape index (κ1) is 14.5. The highest BCUT2D eigenvalue weighted by molar-refractivity contribution is 5.89. The molecule has 3 heteroatoms. The predicted molar refractivity (Wildman–Crippen MR) is 83.6 cm³/mol. The molecule has 3 rings (SSSR count). The van der Waals surface area contributed by atoms with Crippen molar-refractivity contribution >= 4 is 11.5 Å². The lowest BCUT2D eigenvalue weighted by atomic mass is 10.0. The zero-order chi connectivity index (χ0) is 15.5.